The normalized spacial score (nSPS) is 10.6. The zero-order valence-corrected chi connectivity index (χ0v) is 10.2. The molecule has 0 unspecified atom stereocenters. The SMILES string of the molecule is CCCCOc1ccc(NC(C)C)cc1F. The minimum absolute atomic E-state index is 0.297. The first-order valence-electron chi connectivity index (χ1n) is 5.82. The van der Waals surface area contributed by atoms with Crippen LogP contribution >= 0.6 is 0 Å². The van der Waals surface area contributed by atoms with Crippen LogP contribution in [0.2, 0.25) is 0 Å². The lowest BCUT2D eigenvalue weighted by Gasteiger charge is -2.12. The van der Waals surface area contributed by atoms with Crippen LogP contribution in [0.5, 0.6) is 5.75 Å². The molecule has 1 rings (SSSR count). The fourth-order valence-electron chi connectivity index (χ4n) is 1.37. The molecule has 2 nitrogen and oxygen atoms in total. The standard InChI is InChI=1S/C13H20FNO/c1-4-5-8-16-13-7-6-11(9-12(13)14)15-10(2)3/h6-7,9-10,15H,4-5,8H2,1-3H3. The third-order valence-electron chi connectivity index (χ3n) is 2.14. The predicted octanol–water partition coefficient (Wildman–Crippen LogP) is 3.82. The van der Waals surface area contributed by atoms with E-state index in [1.165, 1.54) is 6.07 Å². The van der Waals surface area contributed by atoms with Gasteiger partial charge < -0.3 is 10.1 Å². The summed E-state index contributed by atoms with van der Waals surface area (Å²) in [7, 11) is 0. The summed E-state index contributed by atoms with van der Waals surface area (Å²) in [6.07, 6.45) is 2.00. The van der Waals surface area contributed by atoms with Crippen molar-refractivity contribution in [1.29, 1.82) is 0 Å². The highest BCUT2D eigenvalue weighted by atomic mass is 19.1. The third-order valence-corrected chi connectivity index (χ3v) is 2.14. The Balaban J connectivity index is 2.60. The largest absolute Gasteiger partial charge is 0.491 e. The molecule has 0 radical (unpaired) electrons. The Morgan fingerprint density at radius 3 is 2.69 bits per heavy atom. The van der Waals surface area contributed by atoms with E-state index in [4.69, 9.17) is 4.74 Å². The minimum Gasteiger partial charge on any atom is -0.491 e. The van der Waals surface area contributed by atoms with Crippen LogP contribution in [0, 0.1) is 5.82 Å². The van der Waals surface area contributed by atoms with Crippen molar-refractivity contribution in [3.63, 3.8) is 0 Å². The average Bonchev–Trinajstić information content (AvgIpc) is 2.20. The quantitative estimate of drug-likeness (QED) is 0.743. The molecule has 0 atom stereocenters. The summed E-state index contributed by atoms with van der Waals surface area (Å²) in [5.41, 5.74) is 0.787. The van der Waals surface area contributed by atoms with Crippen LogP contribution in [0.15, 0.2) is 18.2 Å². The van der Waals surface area contributed by atoms with E-state index in [0.717, 1.165) is 18.5 Å². The zero-order chi connectivity index (χ0) is 12.0. The number of hydrogen-bond donors (Lipinski definition) is 1. The van der Waals surface area contributed by atoms with E-state index in [9.17, 15) is 4.39 Å². The first-order valence-corrected chi connectivity index (χ1v) is 5.82. The summed E-state index contributed by atoms with van der Waals surface area (Å²) >= 11 is 0. The molecule has 0 fully saturated rings. The van der Waals surface area contributed by atoms with Gasteiger partial charge in [-0.25, -0.2) is 4.39 Å². The second kappa shape index (κ2) is 6.36. The molecule has 0 aliphatic heterocycles. The molecule has 0 aromatic heterocycles. The van der Waals surface area contributed by atoms with E-state index in [1.807, 2.05) is 19.9 Å². The fourth-order valence-corrected chi connectivity index (χ4v) is 1.37. The van der Waals surface area contributed by atoms with Crippen molar-refractivity contribution in [1.82, 2.24) is 0 Å². The van der Waals surface area contributed by atoms with Gasteiger partial charge in [-0.1, -0.05) is 13.3 Å². The molecule has 1 aromatic carbocycles. The van der Waals surface area contributed by atoms with Gasteiger partial charge in [0.15, 0.2) is 11.6 Å². The van der Waals surface area contributed by atoms with Crippen LogP contribution in [0.4, 0.5) is 10.1 Å². The monoisotopic (exact) mass is 225 g/mol. The molecule has 1 aromatic rings. The van der Waals surface area contributed by atoms with Crippen molar-refractivity contribution in [2.75, 3.05) is 11.9 Å². The number of ether oxygens (including phenoxy) is 1. The summed E-state index contributed by atoms with van der Waals surface area (Å²) in [5, 5.41) is 3.14. The number of rotatable bonds is 6. The van der Waals surface area contributed by atoms with E-state index in [-0.39, 0.29) is 5.82 Å². The highest BCUT2D eigenvalue weighted by molar-refractivity contribution is 5.47. The third kappa shape index (κ3) is 4.09. The minimum atomic E-state index is -0.304. The molecule has 0 aliphatic rings. The van der Waals surface area contributed by atoms with Crippen LogP contribution in [0.3, 0.4) is 0 Å². The van der Waals surface area contributed by atoms with Crippen LogP contribution in [-0.2, 0) is 0 Å². The van der Waals surface area contributed by atoms with Gasteiger partial charge in [0.2, 0.25) is 0 Å². The topological polar surface area (TPSA) is 21.3 Å². The molecule has 0 aliphatic carbocycles. The van der Waals surface area contributed by atoms with Crippen LogP contribution < -0.4 is 10.1 Å². The number of anilines is 1. The van der Waals surface area contributed by atoms with Crippen molar-refractivity contribution < 1.29 is 9.13 Å². The Hall–Kier alpha value is -1.25. The molecular weight excluding hydrogens is 205 g/mol. The Morgan fingerprint density at radius 1 is 1.38 bits per heavy atom. The molecule has 0 heterocycles. The van der Waals surface area contributed by atoms with Crippen LogP contribution in [0.1, 0.15) is 33.6 Å². The summed E-state index contributed by atoms with van der Waals surface area (Å²) < 4.78 is 18.9. The highest BCUT2D eigenvalue weighted by Crippen LogP contribution is 2.21. The lowest BCUT2D eigenvalue weighted by molar-refractivity contribution is 0.294. The van der Waals surface area contributed by atoms with E-state index in [2.05, 4.69) is 12.2 Å². The molecule has 90 valence electrons. The zero-order valence-electron chi connectivity index (χ0n) is 10.2. The maximum absolute atomic E-state index is 13.6. The molecule has 0 amide bonds. The van der Waals surface area contributed by atoms with Gasteiger partial charge in [0.05, 0.1) is 6.61 Å². The molecule has 0 spiro atoms. The van der Waals surface area contributed by atoms with Crippen molar-refractivity contribution in [3.05, 3.63) is 24.0 Å². The van der Waals surface area contributed by atoms with E-state index >= 15 is 0 Å². The smallest absolute Gasteiger partial charge is 0.167 e. The second-order valence-corrected chi connectivity index (χ2v) is 4.15. The number of hydrogen-bond acceptors (Lipinski definition) is 2. The van der Waals surface area contributed by atoms with Crippen molar-refractivity contribution in [2.45, 2.75) is 39.7 Å². The van der Waals surface area contributed by atoms with E-state index in [0.29, 0.717) is 18.4 Å². The van der Waals surface area contributed by atoms with E-state index < -0.39 is 0 Å². The van der Waals surface area contributed by atoms with Crippen LogP contribution in [0.25, 0.3) is 0 Å². The van der Waals surface area contributed by atoms with Crippen molar-refractivity contribution in [3.8, 4) is 5.75 Å². The highest BCUT2D eigenvalue weighted by Gasteiger charge is 2.05. The Bertz CT molecular complexity index is 326. The number of benzene rings is 1. The van der Waals surface area contributed by atoms with Gasteiger partial charge in [-0.15, -0.1) is 0 Å². The summed E-state index contributed by atoms with van der Waals surface area (Å²) in [6.45, 7) is 6.69. The van der Waals surface area contributed by atoms with Gasteiger partial charge >= 0.3 is 0 Å². The lowest BCUT2D eigenvalue weighted by Crippen LogP contribution is -2.09. The first kappa shape index (κ1) is 12.8. The molecule has 0 saturated heterocycles. The van der Waals surface area contributed by atoms with Gasteiger partial charge in [0, 0.05) is 17.8 Å². The van der Waals surface area contributed by atoms with E-state index in [1.54, 1.807) is 6.07 Å². The van der Waals surface area contributed by atoms with Gasteiger partial charge in [-0.05, 0) is 32.4 Å². The van der Waals surface area contributed by atoms with Crippen LogP contribution in [-0.4, -0.2) is 12.6 Å². The van der Waals surface area contributed by atoms with Gasteiger partial charge in [-0.3, -0.25) is 0 Å². The molecule has 0 saturated carbocycles. The van der Waals surface area contributed by atoms with Crippen molar-refractivity contribution in [2.24, 2.45) is 0 Å². The second-order valence-electron chi connectivity index (χ2n) is 4.15. The maximum Gasteiger partial charge on any atom is 0.167 e. The summed E-state index contributed by atoms with van der Waals surface area (Å²) in [5.74, 6) is 0.0320. The number of nitrogens with one attached hydrogen (secondary N) is 1. The van der Waals surface area contributed by atoms with Gasteiger partial charge in [0.25, 0.3) is 0 Å². The molecule has 1 N–H and O–H groups in total. The maximum atomic E-state index is 13.6. The summed E-state index contributed by atoms with van der Waals surface area (Å²) in [6, 6.07) is 5.28. The molecule has 3 heteroatoms. The summed E-state index contributed by atoms with van der Waals surface area (Å²) in [4.78, 5) is 0. The predicted molar refractivity (Wildman–Crippen MR) is 65.6 cm³/mol. The van der Waals surface area contributed by atoms with Gasteiger partial charge in [-0.2, -0.15) is 0 Å². The average molecular weight is 225 g/mol. The van der Waals surface area contributed by atoms with Gasteiger partial charge in [0.1, 0.15) is 0 Å². The first-order chi connectivity index (χ1) is 7.63. The molecule has 16 heavy (non-hydrogen) atoms. The number of unbranched alkanes of at least 4 members (excludes halogenated alkanes) is 1. The molecular formula is C13H20FNO. The fraction of sp³-hybridized carbons (Fsp3) is 0.538. The Kier molecular flexibility index (Phi) is 5.09. The Labute approximate surface area is 96.8 Å². The molecule has 0 bridgehead atoms. The Morgan fingerprint density at radius 2 is 2.12 bits per heavy atom. The lowest BCUT2D eigenvalue weighted by atomic mass is 10.2. The number of halogens is 1. The van der Waals surface area contributed by atoms with Crippen molar-refractivity contribution >= 4 is 5.69 Å².